The van der Waals surface area contributed by atoms with Gasteiger partial charge in [0.25, 0.3) is 0 Å². The van der Waals surface area contributed by atoms with Crippen molar-refractivity contribution < 1.29 is 0 Å². The summed E-state index contributed by atoms with van der Waals surface area (Å²) in [6, 6.07) is 6.64. The predicted molar refractivity (Wildman–Crippen MR) is 69.5 cm³/mol. The Bertz CT molecular complexity index is 326. The smallest absolute Gasteiger partial charge is 0.0122 e. The minimum absolute atomic E-state index is 0.263. The van der Waals surface area contributed by atoms with Crippen LogP contribution in [0.1, 0.15) is 31.9 Å². The third-order valence-corrected chi connectivity index (χ3v) is 3.28. The molecule has 0 aliphatic rings. The molecule has 0 aromatic heterocycles. The van der Waals surface area contributed by atoms with Gasteiger partial charge in [-0.2, -0.15) is 0 Å². The van der Waals surface area contributed by atoms with E-state index in [1.165, 1.54) is 16.0 Å². The zero-order valence-electron chi connectivity index (χ0n) is 10.1. The van der Waals surface area contributed by atoms with Gasteiger partial charge in [0.2, 0.25) is 0 Å². The Labute approximate surface area is 97.4 Å². The highest BCUT2D eigenvalue weighted by Gasteiger charge is 2.14. The first kappa shape index (κ1) is 12.6. The highest BCUT2D eigenvalue weighted by Crippen LogP contribution is 2.34. The van der Waals surface area contributed by atoms with Gasteiger partial charge in [0.05, 0.1) is 0 Å². The van der Waals surface area contributed by atoms with Gasteiger partial charge < -0.3 is 5.73 Å². The summed E-state index contributed by atoms with van der Waals surface area (Å²) >= 11 is 1.92. The summed E-state index contributed by atoms with van der Waals surface area (Å²) in [6.07, 6.45) is 0.972. The van der Waals surface area contributed by atoms with Crippen LogP contribution in [-0.2, 0) is 6.42 Å². The van der Waals surface area contributed by atoms with Crippen LogP contribution in [0, 0.1) is 6.92 Å². The lowest BCUT2D eigenvalue weighted by Crippen LogP contribution is -2.09. The fourth-order valence-corrected chi connectivity index (χ4v) is 2.58. The van der Waals surface area contributed by atoms with E-state index >= 15 is 0 Å². The Morgan fingerprint density at radius 2 is 1.93 bits per heavy atom. The molecule has 84 valence electrons. The Morgan fingerprint density at radius 3 is 2.47 bits per heavy atom. The van der Waals surface area contributed by atoms with E-state index < -0.39 is 0 Å². The number of thioether (sulfide) groups is 1. The van der Waals surface area contributed by atoms with Gasteiger partial charge in [-0.25, -0.2) is 0 Å². The normalized spacial score (nSPS) is 11.8. The lowest BCUT2D eigenvalue weighted by molar-refractivity contribution is 0.800. The van der Waals surface area contributed by atoms with Crippen LogP contribution in [-0.4, -0.2) is 11.3 Å². The summed E-state index contributed by atoms with van der Waals surface area (Å²) in [5, 5.41) is 0. The Hall–Kier alpha value is -0.470. The maximum atomic E-state index is 5.63. The minimum atomic E-state index is 0.263. The molecule has 0 heterocycles. The first-order valence-corrected chi connectivity index (χ1v) is 6.22. The molecule has 0 aliphatic carbocycles. The monoisotopic (exact) mass is 223 g/mol. The topological polar surface area (TPSA) is 26.0 Å². The van der Waals surface area contributed by atoms with Crippen molar-refractivity contribution in [3.8, 4) is 0 Å². The summed E-state index contributed by atoms with van der Waals surface area (Å²) in [4.78, 5) is 1.37. The van der Waals surface area contributed by atoms with E-state index in [4.69, 9.17) is 5.73 Å². The van der Waals surface area contributed by atoms with E-state index in [1.54, 1.807) is 0 Å². The highest BCUT2D eigenvalue weighted by molar-refractivity contribution is 8.00. The van der Waals surface area contributed by atoms with Crippen molar-refractivity contribution in [3.63, 3.8) is 0 Å². The van der Waals surface area contributed by atoms with Crippen molar-refractivity contribution in [3.05, 3.63) is 29.3 Å². The molecule has 0 radical (unpaired) electrons. The van der Waals surface area contributed by atoms with Gasteiger partial charge >= 0.3 is 0 Å². The number of rotatable bonds is 3. The molecule has 0 bridgehead atoms. The average molecular weight is 223 g/mol. The maximum absolute atomic E-state index is 5.63. The second-order valence-electron chi connectivity index (χ2n) is 4.86. The quantitative estimate of drug-likeness (QED) is 0.795. The van der Waals surface area contributed by atoms with Crippen LogP contribution in [0.25, 0.3) is 0 Å². The molecule has 0 atom stereocenters. The number of nitrogens with two attached hydrogens (primary N) is 1. The van der Waals surface area contributed by atoms with E-state index in [-0.39, 0.29) is 4.75 Å². The largest absolute Gasteiger partial charge is 0.330 e. The van der Waals surface area contributed by atoms with Crippen molar-refractivity contribution in [2.45, 2.75) is 43.8 Å². The first-order chi connectivity index (χ1) is 6.92. The fourth-order valence-electron chi connectivity index (χ4n) is 1.49. The maximum Gasteiger partial charge on any atom is 0.0122 e. The van der Waals surface area contributed by atoms with Crippen molar-refractivity contribution in [1.82, 2.24) is 0 Å². The molecule has 2 heteroatoms. The van der Waals surface area contributed by atoms with Crippen LogP contribution in [0.4, 0.5) is 0 Å². The second kappa shape index (κ2) is 5.04. The van der Waals surface area contributed by atoms with Gasteiger partial charge in [0.15, 0.2) is 0 Å². The molecule has 0 amide bonds. The predicted octanol–water partition coefficient (Wildman–Crippen LogP) is 3.39. The van der Waals surface area contributed by atoms with Gasteiger partial charge in [-0.05, 0) is 31.5 Å². The molecule has 1 rings (SSSR count). The molecular formula is C13H21NS. The van der Waals surface area contributed by atoms with Gasteiger partial charge in [0.1, 0.15) is 0 Å². The van der Waals surface area contributed by atoms with E-state index in [9.17, 15) is 0 Å². The lowest BCUT2D eigenvalue weighted by atomic mass is 10.1. The Balaban J connectivity index is 2.95. The minimum Gasteiger partial charge on any atom is -0.330 e. The standard InChI is InChI=1S/C13H21NS/c1-10-5-6-12(15-13(2,3)4)11(9-10)7-8-14/h5-6,9H,7-8,14H2,1-4H3. The van der Waals surface area contributed by atoms with Crippen LogP contribution in [0.5, 0.6) is 0 Å². The summed E-state index contributed by atoms with van der Waals surface area (Å²) in [5.74, 6) is 0. The number of hydrogen-bond acceptors (Lipinski definition) is 2. The SMILES string of the molecule is Cc1ccc(SC(C)(C)C)c(CCN)c1. The number of benzene rings is 1. The van der Waals surface area contributed by atoms with E-state index in [2.05, 4.69) is 45.9 Å². The molecule has 0 aliphatic heterocycles. The van der Waals surface area contributed by atoms with Gasteiger partial charge in [-0.3, -0.25) is 0 Å². The van der Waals surface area contributed by atoms with Crippen molar-refractivity contribution in [2.75, 3.05) is 6.54 Å². The molecule has 1 nitrogen and oxygen atoms in total. The van der Waals surface area contributed by atoms with E-state index in [0.29, 0.717) is 0 Å². The van der Waals surface area contributed by atoms with Crippen LogP contribution in [0.3, 0.4) is 0 Å². The molecule has 2 N–H and O–H groups in total. The van der Waals surface area contributed by atoms with Crippen LogP contribution >= 0.6 is 11.8 Å². The molecule has 1 aromatic rings. The molecule has 15 heavy (non-hydrogen) atoms. The molecule has 1 aromatic carbocycles. The third kappa shape index (κ3) is 4.27. The molecule has 0 saturated carbocycles. The molecule has 0 spiro atoms. The van der Waals surface area contributed by atoms with Gasteiger partial charge in [-0.1, -0.05) is 38.5 Å². The fraction of sp³-hybridized carbons (Fsp3) is 0.538. The molecule has 0 fully saturated rings. The van der Waals surface area contributed by atoms with Crippen molar-refractivity contribution >= 4 is 11.8 Å². The van der Waals surface area contributed by atoms with Crippen molar-refractivity contribution in [1.29, 1.82) is 0 Å². The molecular weight excluding hydrogens is 202 g/mol. The Kier molecular flexibility index (Phi) is 4.23. The van der Waals surface area contributed by atoms with E-state index in [0.717, 1.165) is 13.0 Å². The van der Waals surface area contributed by atoms with E-state index in [1.807, 2.05) is 11.8 Å². The van der Waals surface area contributed by atoms with Crippen LogP contribution < -0.4 is 5.73 Å². The van der Waals surface area contributed by atoms with Crippen molar-refractivity contribution in [2.24, 2.45) is 5.73 Å². The van der Waals surface area contributed by atoms with Gasteiger partial charge in [0, 0.05) is 9.64 Å². The third-order valence-electron chi connectivity index (χ3n) is 2.05. The molecule has 0 saturated heterocycles. The van der Waals surface area contributed by atoms with Crippen LogP contribution in [0.15, 0.2) is 23.1 Å². The number of hydrogen-bond donors (Lipinski definition) is 1. The summed E-state index contributed by atoms with van der Waals surface area (Å²) < 4.78 is 0.263. The summed E-state index contributed by atoms with van der Waals surface area (Å²) in [7, 11) is 0. The second-order valence-corrected chi connectivity index (χ2v) is 6.73. The first-order valence-electron chi connectivity index (χ1n) is 5.41. The Morgan fingerprint density at radius 1 is 1.27 bits per heavy atom. The highest BCUT2D eigenvalue weighted by atomic mass is 32.2. The molecule has 0 unspecified atom stereocenters. The van der Waals surface area contributed by atoms with Gasteiger partial charge in [-0.15, -0.1) is 11.8 Å². The zero-order chi connectivity index (χ0) is 11.5. The lowest BCUT2D eigenvalue weighted by Gasteiger charge is -2.20. The average Bonchev–Trinajstić information content (AvgIpc) is 2.08. The summed E-state index contributed by atoms with van der Waals surface area (Å²) in [5.41, 5.74) is 8.34. The van der Waals surface area contributed by atoms with Crippen LogP contribution in [0.2, 0.25) is 0 Å². The summed E-state index contributed by atoms with van der Waals surface area (Å²) in [6.45, 7) is 9.57. The zero-order valence-corrected chi connectivity index (χ0v) is 10.9. The number of aryl methyl sites for hydroxylation is 1.